The number of amides is 2. The van der Waals surface area contributed by atoms with Gasteiger partial charge in [-0.25, -0.2) is 26.9 Å². The number of benzene rings is 1. The van der Waals surface area contributed by atoms with Crippen LogP contribution >= 0.6 is 11.3 Å². The highest BCUT2D eigenvalue weighted by molar-refractivity contribution is 7.88. The molecule has 11 heteroatoms. The van der Waals surface area contributed by atoms with Crippen molar-refractivity contribution in [2.45, 2.75) is 50.6 Å². The number of rotatable bonds is 8. The molecule has 0 bridgehead atoms. The van der Waals surface area contributed by atoms with E-state index in [2.05, 4.69) is 20.5 Å². The number of piperidine rings is 1. The number of thiazole rings is 1. The molecule has 1 aliphatic heterocycles. The lowest BCUT2D eigenvalue weighted by atomic mass is 9.80. The van der Waals surface area contributed by atoms with Gasteiger partial charge in [-0.2, -0.15) is 0 Å². The number of nitrogens with zero attached hydrogens (tertiary/aromatic N) is 3. The second kappa shape index (κ2) is 12.0. The molecule has 1 aliphatic carbocycles. The van der Waals surface area contributed by atoms with E-state index in [4.69, 9.17) is 0 Å². The molecule has 0 radical (unpaired) electrons. The van der Waals surface area contributed by atoms with E-state index in [-0.39, 0.29) is 29.8 Å². The first-order valence-electron chi connectivity index (χ1n) is 12.5. The zero-order chi connectivity index (χ0) is 25.7. The number of hydrogen-bond acceptors (Lipinski definition) is 6. The number of carbonyl (C=O) groups excluding carboxylic acids is 1. The summed E-state index contributed by atoms with van der Waals surface area (Å²) >= 11 is 1.37. The third-order valence-electron chi connectivity index (χ3n) is 7.49. The maximum absolute atomic E-state index is 13.3. The number of aromatic nitrogens is 1. The quantitative estimate of drug-likeness (QED) is 0.534. The summed E-state index contributed by atoms with van der Waals surface area (Å²) in [5.41, 5.74) is 1.15. The van der Waals surface area contributed by atoms with Gasteiger partial charge in [-0.05, 0) is 74.6 Å². The van der Waals surface area contributed by atoms with E-state index in [1.807, 2.05) is 17.5 Å². The molecule has 1 saturated carbocycles. The van der Waals surface area contributed by atoms with Gasteiger partial charge in [-0.3, -0.25) is 5.32 Å². The molecular weight excluding hydrogens is 501 g/mol. The summed E-state index contributed by atoms with van der Waals surface area (Å²) < 4.78 is 39.2. The summed E-state index contributed by atoms with van der Waals surface area (Å²) in [4.78, 5) is 19.2. The van der Waals surface area contributed by atoms with Crippen LogP contribution in [0.3, 0.4) is 0 Å². The number of likely N-dealkylation sites (tertiary alicyclic amines) is 1. The van der Waals surface area contributed by atoms with Crippen LogP contribution in [0.2, 0.25) is 0 Å². The highest BCUT2D eigenvalue weighted by atomic mass is 32.2. The van der Waals surface area contributed by atoms with Crippen molar-refractivity contribution in [1.82, 2.24) is 19.5 Å². The molecule has 1 saturated heterocycles. The van der Waals surface area contributed by atoms with Gasteiger partial charge in [0.25, 0.3) is 0 Å². The average Bonchev–Trinajstić information content (AvgIpc) is 3.34. The van der Waals surface area contributed by atoms with Crippen molar-refractivity contribution in [2.75, 3.05) is 38.3 Å². The Hall–Kier alpha value is -2.08. The predicted octanol–water partition coefficient (Wildman–Crippen LogP) is 3.79. The minimum absolute atomic E-state index is 0.0494. The highest BCUT2D eigenvalue weighted by Gasteiger charge is 2.37. The van der Waals surface area contributed by atoms with E-state index < -0.39 is 10.0 Å². The van der Waals surface area contributed by atoms with Crippen LogP contribution in [0, 0.1) is 17.7 Å². The van der Waals surface area contributed by atoms with E-state index in [9.17, 15) is 17.6 Å². The van der Waals surface area contributed by atoms with Crippen molar-refractivity contribution < 1.29 is 17.6 Å². The van der Waals surface area contributed by atoms with Crippen molar-refractivity contribution in [1.29, 1.82) is 0 Å². The standard InChI is InChI=1S/C25H36FN5O3S2/c1-30(36(2,33)34)22-9-10-23(28-24(32)29-25-27-11-13-35-25)20(15-22)17-31-12-3-4-19(16-31)14-18-5-7-21(26)8-6-18/h5-8,11,13,19-20,22-23H,3-4,9-10,12,14-17H2,1-2H3,(H2,27,28,29,32)/t19-,20-,22+,23+/m0/s1. The van der Waals surface area contributed by atoms with Gasteiger partial charge in [0.15, 0.2) is 5.13 Å². The Labute approximate surface area is 217 Å². The summed E-state index contributed by atoms with van der Waals surface area (Å²) in [5.74, 6) is 0.397. The molecule has 1 aromatic carbocycles. The zero-order valence-electron chi connectivity index (χ0n) is 20.9. The molecule has 2 amide bonds. The van der Waals surface area contributed by atoms with Gasteiger partial charge >= 0.3 is 6.03 Å². The van der Waals surface area contributed by atoms with Gasteiger partial charge < -0.3 is 10.2 Å². The molecule has 36 heavy (non-hydrogen) atoms. The van der Waals surface area contributed by atoms with Crippen molar-refractivity contribution in [3.8, 4) is 0 Å². The van der Waals surface area contributed by atoms with E-state index in [0.29, 0.717) is 30.3 Å². The zero-order valence-corrected chi connectivity index (χ0v) is 22.5. The Kier molecular flexibility index (Phi) is 8.97. The number of anilines is 1. The number of nitrogens with one attached hydrogen (secondary N) is 2. The molecule has 2 aliphatic rings. The number of urea groups is 1. The fourth-order valence-electron chi connectivity index (χ4n) is 5.59. The van der Waals surface area contributed by atoms with E-state index in [0.717, 1.165) is 44.5 Å². The molecule has 0 spiro atoms. The fourth-order valence-corrected chi connectivity index (χ4v) is 6.85. The lowest BCUT2D eigenvalue weighted by Gasteiger charge is -2.43. The Morgan fingerprint density at radius 1 is 1.25 bits per heavy atom. The van der Waals surface area contributed by atoms with E-state index in [1.54, 1.807) is 13.2 Å². The Morgan fingerprint density at radius 2 is 2.03 bits per heavy atom. The summed E-state index contributed by atoms with van der Waals surface area (Å²) in [6.07, 6.45) is 8.16. The van der Waals surface area contributed by atoms with Crippen LogP contribution in [0.1, 0.15) is 37.7 Å². The molecular formula is C25H36FN5O3S2. The molecule has 1 aromatic heterocycles. The van der Waals surface area contributed by atoms with Crippen LogP contribution in [0.5, 0.6) is 0 Å². The van der Waals surface area contributed by atoms with E-state index >= 15 is 0 Å². The normalized spacial score (nSPS) is 25.6. The molecule has 2 aromatic rings. The SMILES string of the molecule is CN([C@@H]1CC[C@@H](NC(=O)Nc2nccs2)[C@H](CN2CCC[C@@H](Cc3ccc(F)cc3)C2)C1)S(C)(=O)=O. The summed E-state index contributed by atoms with van der Waals surface area (Å²) in [7, 11) is -1.64. The number of hydrogen-bond donors (Lipinski definition) is 2. The van der Waals surface area contributed by atoms with Gasteiger partial charge in [0, 0.05) is 43.8 Å². The molecule has 8 nitrogen and oxygen atoms in total. The van der Waals surface area contributed by atoms with Crippen LogP contribution in [0.25, 0.3) is 0 Å². The molecule has 4 rings (SSSR count). The number of carbonyl (C=O) groups is 1. The number of sulfonamides is 1. The lowest BCUT2D eigenvalue weighted by Crippen LogP contribution is -2.53. The predicted molar refractivity (Wildman–Crippen MR) is 141 cm³/mol. The second-order valence-electron chi connectivity index (χ2n) is 10.1. The number of halogens is 1. The third-order valence-corrected chi connectivity index (χ3v) is 9.53. The maximum Gasteiger partial charge on any atom is 0.321 e. The van der Waals surface area contributed by atoms with Crippen LogP contribution in [-0.4, -0.2) is 73.7 Å². The first kappa shape index (κ1) is 27.0. The Morgan fingerprint density at radius 3 is 2.72 bits per heavy atom. The lowest BCUT2D eigenvalue weighted by molar-refractivity contribution is 0.104. The van der Waals surface area contributed by atoms with Crippen LogP contribution in [-0.2, 0) is 16.4 Å². The third kappa shape index (κ3) is 7.47. The molecule has 198 valence electrons. The molecule has 2 fully saturated rings. The van der Waals surface area contributed by atoms with E-state index in [1.165, 1.54) is 34.0 Å². The first-order chi connectivity index (χ1) is 17.2. The first-order valence-corrected chi connectivity index (χ1v) is 15.3. The molecule has 2 heterocycles. The minimum Gasteiger partial charge on any atom is -0.335 e. The van der Waals surface area contributed by atoms with Crippen molar-refractivity contribution >= 4 is 32.5 Å². The van der Waals surface area contributed by atoms with Crippen molar-refractivity contribution in [2.24, 2.45) is 11.8 Å². The van der Waals surface area contributed by atoms with Gasteiger partial charge in [0.2, 0.25) is 10.0 Å². The monoisotopic (exact) mass is 537 g/mol. The Bertz CT molecular complexity index is 1100. The summed E-state index contributed by atoms with van der Waals surface area (Å²) in [6.45, 7) is 2.73. The largest absolute Gasteiger partial charge is 0.335 e. The van der Waals surface area contributed by atoms with Crippen molar-refractivity contribution in [3.63, 3.8) is 0 Å². The van der Waals surface area contributed by atoms with Gasteiger partial charge in [0.05, 0.1) is 6.26 Å². The van der Waals surface area contributed by atoms with Gasteiger partial charge in [0.1, 0.15) is 5.82 Å². The molecule has 2 N–H and O–H groups in total. The van der Waals surface area contributed by atoms with Crippen LogP contribution in [0.4, 0.5) is 14.3 Å². The van der Waals surface area contributed by atoms with Crippen molar-refractivity contribution in [3.05, 3.63) is 47.2 Å². The van der Waals surface area contributed by atoms with Crippen LogP contribution in [0.15, 0.2) is 35.8 Å². The summed E-state index contributed by atoms with van der Waals surface area (Å²) in [5, 5.41) is 8.30. The highest BCUT2D eigenvalue weighted by Crippen LogP contribution is 2.31. The maximum atomic E-state index is 13.3. The smallest absolute Gasteiger partial charge is 0.321 e. The molecule has 0 unspecified atom stereocenters. The van der Waals surface area contributed by atoms with Gasteiger partial charge in [-0.15, -0.1) is 11.3 Å². The topological polar surface area (TPSA) is 94.6 Å². The summed E-state index contributed by atoms with van der Waals surface area (Å²) in [6, 6.07) is 6.36. The minimum atomic E-state index is -3.29. The second-order valence-corrected chi connectivity index (χ2v) is 13.1. The molecule has 4 atom stereocenters. The average molecular weight is 538 g/mol. The van der Waals surface area contributed by atoms with Crippen LogP contribution < -0.4 is 10.6 Å². The fraction of sp³-hybridized carbons (Fsp3) is 0.600. The van der Waals surface area contributed by atoms with Gasteiger partial charge in [-0.1, -0.05) is 12.1 Å². The Balaban J connectivity index is 1.41.